The Balaban J connectivity index is 1.94. The van der Waals surface area contributed by atoms with Crippen LogP contribution in [0.5, 0.6) is 0 Å². The van der Waals surface area contributed by atoms with Gasteiger partial charge in [0.15, 0.2) is 5.82 Å². The second kappa shape index (κ2) is 3.56. The summed E-state index contributed by atoms with van der Waals surface area (Å²) in [5.41, 5.74) is 8.36. The fourth-order valence-electron chi connectivity index (χ4n) is 3.60. The molecule has 1 aromatic heterocycles. The number of benzene rings is 1. The van der Waals surface area contributed by atoms with Gasteiger partial charge in [0.05, 0.1) is 5.69 Å². The molecule has 2 aromatic rings. The van der Waals surface area contributed by atoms with Crippen molar-refractivity contribution in [1.82, 2.24) is 9.78 Å². The minimum Gasteiger partial charge on any atom is -0.382 e. The molecule has 1 heterocycles. The van der Waals surface area contributed by atoms with Crippen LogP contribution >= 0.6 is 0 Å². The van der Waals surface area contributed by atoms with Crippen LogP contribution in [0.2, 0.25) is 0 Å². The quantitative estimate of drug-likeness (QED) is 0.857. The molecule has 1 saturated carbocycles. The molecule has 2 bridgehead atoms. The van der Waals surface area contributed by atoms with Gasteiger partial charge >= 0.3 is 0 Å². The lowest BCUT2D eigenvalue weighted by Gasteiger charge is -2.14. The molecule has 19 heavy (non-hydrogen) atoms. The van der Waals surface area contributed by atoms with Gasteiger partial charge in [0.1, 0.15) is 17.3 Å². The normalized spacial score (nSPS) is 23.9. The summed E-state index contributed by atoms with van der Waals surface area (Å²) in [4.78, 5) is 0. The summed E-state index contributed by atoms with van der Waals surface area (Å²) in [6.45, 7) is 0. The maximum atomic E-state index is 13.9. The Morgan fingerprint density at radius 3 is 2.79 bits per heavy atom. The molecule has 0 saturated heterocycles. The molecule has 0 spiro atoms. The lowest BCUT2D eigenvalue weighted by molar-refractivity contribution is 0.567. The summed E-state index contributed by atoms with van der Waals surface area (Å²) in [6.07, 6.45) is 3.32. The number of hydrogen-bond donors (Lipinski definition) is 1. The summed E-state index contributed by atoms with van der Waals surface area (Å²) >= 11 is 0. The van der Waals surface area contributed by atoms with Gasteiger partial charge in [-0.05, 0) is 37.3 Å². The van der Waals surface area contributed by atoms with E-state index in [2.05, 4.69) is 5.10 Å². The molecule has 0 amide bonds. The maximum absolute atomic E-state index is 13.9. The van der Waals surface area contributed by atoms with E-state index in [-0.39, 0.29) is 5.69 Å². The Morgan fingerprint density at radius 2 is 2.00 bits per heavy atom. The number of fused-ring (bicyclic) bond motifs is 5. The Bertz CT molecular complexity index is 678. The number of halogens is 2. The molecule has 0 aliphatic heterocycles. The van der Waals surface area contributed by atoms with Crippen molar-refractivity contribution in [2.45, 2.75) is 31.1 Å². The van der Waals surface area contributed by atoms with E-state index in [1.54, 1.807) is 4.68 Å². The Labute approximate surface area is 109 Å². The molecule has 2 N–H and O–H groups in total. The summed E-state index contributed by atoms with van der Waals surface area (Å²) < 4.78 is 28.5. The molecule has 4 rings (SSSR count). The van der Waals surface area contributed by atoms with E-state index in [0.717, 1.165) is 36.6 Å². The predicted octanol–water partition coefficient (Wildman–Crippen LogP) is 3.10. The molecule has 98 valence electrons. The first-order chi connectivity index (χ1) is 9.15. The van der Waals surface area contributed by atoms with E-state index in [4.69, 9.17) is 5.73 Å². The molecule has 5 heteroatoms. The number of nitrogens with zero attached hydrogens (tertiary/aromatic N) is 2. The number of anilines is 1. The molecule has 3 nitrogen and oxygen atoms in total. The molecular formula is C14H13F2N3. The zero-order chi connectivity index (χ0) is 13.1. The first-order valence-electron chi connectivity index (χ1n) is 6.49. The van der Waals surface area contributed by atoms with Crippen LogP contribution in [0, 0.1) is 11.6 Å². The molecule has 1 aromatic carbocycles. The average molecular weight is 261 g/mol. The van der Waals surface area contributed by atoms with Gasteiger partial charge in [-0.15, -0.1) is 0 Å². The van der Waals surface area contributed by atoms with Crippen molar-refractivity contribution in [3.63, 3.8) is 0 Å². The number of nitrogens with two attached hydrogens (primary N) is 1. The largest absolute Gasteiger partial charge is 0.382 e. The first-order valence-corrected chi connectivity index (χ1v) is 6.49. The molecule has 2 aliphatic carbocycles. The molecule has 2 unspecified atom stereocenters. The highest BCUT2D eigenvalue weighted by molar-refractivity contribution is 5.54. The Kier molecular flexibility index (Phi) is 2.05. The van der Waals surface area contributed by atoms with Crippen molar-refractivity contribution < 1.29 is 8.78 Å². The van der Waals surface area contributed by atoms with Gasteiger partial charge in [0, 0.05) is 17.5 Å². The Morgan fingerprint density at radius 1 is 1.21 bits per heavy atom. The summed E-state index contributed by atoms with van der Waals surface area (Å²) in [6, 6.07) is 3.55. The highest BCUT2D eigenvalue weighted by Gasteiger charge is 2.42. The topological polar surface area (TPSA) is 43.8 Å². The highest BCUT2D eigenvalue weighted by atomic mass is 19.1. The number of aromatic nitrogens is 2. The van der Waals surface area contributed by atoms with Crippen LogP contribution in [-0.2, 0) is 0 Å². The zero-order valence-corrected chi connectivity index (χ0v) is 10.2. The third kappa shape index (κ3) is 1.38. The van der Waals surface area contributed by atoms with Gasteiger partial charge in [0.25, 0.3) is 0 Å². The standard InChI is InChI=1S/C14H13F2N3/c15-9-3-4-11(10(16)6-9)19-13-8-2-1-7(5-8)12(13)14(17)18-19/h3-4,6-8H,1-2,5H2,(H2,17,18). The van der Waals surface area contributed by atoms with Crippen molar-refractivity contribution in [1.29, 1.82) is 0 Å². The van der Waals surface area contributed by atoms with Gasteiger partial charge in [-0.25, -0.2) is 13.5 Å². The summed E-state index contributed by atoms with van der Waals surface area (Å²) in [5.74, 6) is 0.185. The molecule has 2 aliphatic rings. The van der Waals surface area contributed by atoms with Gasteiger partial charge < -0.3 is 5.73 Å². The van der Waals surface area contributed by atoms with Gasteiger partial charge in [-0.2, -0.15) is 5.10 Å². The minimum absolute atomic E-state index is 0.280. The van der Waals surface area contributed by atoms with Crippen molar-refractivity contribution >= 4 is 5.82 Å². The Hall–Kier alpha value is -1.91. The van der Waals surface area contributed by atoms with Gasteiger partial charge in [-0.1, -0.05) is 0 Å². The SMILES string of the molecule is Nc1nn(-c2ccc(F)cc2F)c2c1C1CCC2C1. The lowest BCUT2D eigenvalue weighted by atomic mass is 9.97. The summed E-state index contributed by atoms with van der Waals surface area (Å²) in [7, 11) is 0. The van der Waals surface area contributed by atoms with Crippen LogP contribution < -0.4 is 5.73 Å². The van der Waals surface area contributed by atoms with Crippen molar-refractivity contribution in [2.75, 3.05) is 5.73 Å². The summed E-state index contributed by atoms with van der Waals surface area (Å²) in [5, 5.41) is 4.27. The fourth-order valence-corrected chi connectivity index (χ4v) is 3.60. The van der Waals surface area contributed by atoms with E-state index in [0.29, 0.717) is 17.7 Å². The van der Waals surface area contributed by atoms with Crippen LogP contribution in [0.25, 0.3) is 5.69 Å². The van der Waals surface area contributed by atoms with E-state index in [9.17, 15) is 8.78 Å². The molecule has 2 atom stereocenters. The lowest BCUT2D eigenvalue weighted by Crippen LogP contribution is -2.07. The van der Waals surface area contributed by atoms with Crippen LogP contribution in [-0.4, -0.2) is 9.78 Å². The highest BCUT2D eigenvalue weighted by Crippen LogP contribution is 2.55. The van der Waals surface area contributed by atoms with Crippen molar-refractivity contribution in [2.24, 2.45) is 0 Å². The third-order valence-electron chi connectivity index (χ3n) is 4.35. The number of hydrogen-bond acceptors (Lipinski definition) is 2. The van der Waals surface area contributed by atoms with Crippen molar-refractivity contribution in [3.05, 3.63) is 41.1 Å². The smallest absolute Gasteiger partial charge is 0.151 e. The number of nitrogen functional groups attached to an aromatic ring is 1. The molecular weight excluding hydrogens is 248 g/mol. The first kappa shape index (κ1) is 11.0. The van der Waals surface area contributed by atoms with E-state index >= 15 is 0 Å². The van der Waals surface area contributed by atoms with E-state index in [1.165, 1.54) is 12.1 Å². The van der Waals surface area contributed by atoms with E-state index < -0.39 is 11.6 Å². The molecule has 1 fully saturated rings. The monoisotopic (exact) mass is 261 g/mol. The van der Waals surface area contributed by atoms with Gasteiger partial charge in [0.2, 0.25) is 0 Å². The van der Waals surface area contributed by atoms with Crippen LogP contribution in [0.3, 0.4) is 0 Å². The second-order valence-corrected chi connectivity index (χ2v) is 5.40. The van der Waals surface area contributed by atoms with Crippen LogP contribution in [0.4, 0.5) is 14.6 Å². The average Bonchev–Trinajstić information content (AvgIpc) is 3.02. The zero-order valence-electron chi connectivity index (χ0n) is 10.2. The number of rotatable bonds is 1. The van der Waals surface area contributed by atoms with Crippen LogP contribution in [0.15, 0.2) is 18.2 Å². The minimum atomic E-state index is -0.604. The van der Waals surface area contributed by atoms with E-state index in [1.807, 2.05) is 0 Å². The molecule has 0 radical (unpaired) electrons. The third-order valence-corrected chi connectivity index (χ3v) is 4.35. The van der Waals surface area contributed by atoms with Crippen molar-refractivity contribution in [3.8, 4) is 5.69 Å². The fraction of sp³-hybridized carbons (Fsp3) is 0.357. The van der Waals surface area contributed by atoms with Gasteiger partial charge in [-0.3, -0.25) is 0 Å². The van der Waals surface area contributed by atoms with Crippen LogP contribution in [0.1, 0.15) is 42.4 Å². The second-order valence-electron chi connectivity index (χ2n) is 5.40. The maximum Gasteiger partial charge on any atom is 0.151 e. The predicted molar refractivity (Wildman–Crippen MR) is 67.2 cm³/mol.